The van der Waals surface area contributed by atoms with Gasteiger partial charge in [-0.1, -0.05) is 41.5 Å². The number of ether oxygens (including phenoxy) is 1. The van der Waals surface area contributed by atoms with Crippen LogP contribution in [0.1, 0.15) is 75.2 Å². The molecule has 1 unspecified atom stereocenters. The molecule has 2 nitrogen and oxygen atoms in total. The smallest absolute Gasteiger partial charge is 0.0776 e. The van der Waals surface area contributed by atoms with Crippen molar-refractivity contribution in [3.63, 3.8) is 0 Å². The van der Waals surface area contributed by atoms with Gasteiger partial charge in [-0.3, -0.25) is 0 Å². The molecule has 0 amide bonds. The summed E-state index contributed by atoms with van der Waals surface area (Å²) in [7, 11) is 0. The first-order valence-corrected chi connectivity index (χ1v) is 7.76. The molecule has 0 aromatic carbocycles. The van der Waals surface area contributed by atoms with Crippen molar-refractivity contribution in [2.24, 2.45) is 17.8 Å². The van der Waals surface area contributed by atoms with Gasteiger partial charge < -0.3 is 9.84 Å². The highest BCUT2D eigenvalue weighted by Gasteiger charge is 2.14. The monoisotopic (exact) mass is 274 g/mol. The first-order valence-electron chi connectivity index (χ1n) is 7.76. The molecule has 0 spiro atoms. The maximum absolute atomic E-state index is 9.46. The molecule has 2 heteroatoms. The highest BCUT2D eigenvalue weighted by molar-refractivity contribution is 4.63. The van der Waals surface area contributed by atoms with E-state index in [0.29, 0.717) is 12.5 Å². The molecule has 1 atom stereocenters. The zero-order chi connectivity index (χ0) is 15.6. The van der Waals surface area contributed by atoms with Crippen molar-refractivity contribution in [1.29, 1.82) is 0 Å². The molecule has 0 aliphatic heterocycles. The minimum atomic E-state index is -0.316. The maximum atomic E-state index is 9.46. The van der Waals surface area contributed by atoms with Crippen LogP contribution < -0.4 is 0 Å². The average molecular weight is 274 g/mol. The Morgan fingerprint density at radius 2 is 1.16 bits per heavy atom. The second-order valence-electron chi connectivity index (χ2n) is 7.73. The highest BCUT2D eigenvalue weighted by atomic mass is 16.5. The van der Waals surface area contributed by atoms with Gasteiger partial charge in [0.25, 0.3) is 0 Å². The summed E-state index contributed by atoms with van der Waals surface area (Å²) in [6.45, 7) is 19.7. The molecule has 0 aliphatic carbocycles. The van der Waals surface area contributed by atoms with Gasteiger partial charge in [0.2, 0.25) is 0 Å². The fraction of sp³-hybridized carbons (Fsp3) is 1.00. The minimum absolute atomic E-state index is 0.141. The van der Waals surface area contributed by atoms with E-state index >= 15 is 0 Å². The molecular formula is C17H38O2. The molecule has 0 saturated heterocycles. The predicted octanol–water partition coefficient (Wildman–Crippen LogP) is 4.90. The molecule has 0 rings (SSSR count). The van der Waals surface area contributed by atoms with Gasteiger partial charge >= 0.3 is 0 Å². The van der Waals surface area contributed by atoms with Crippen molar-refractivity contribution in [2.45, 2.75) is 86.9 Å². The zero-order valence-corrected chi connectivity index (χ0v) is 14.8. The Balaban J connectivity index is 0. The van der Waals surface area contributed by atoms with Gasteiger partial charge in [0.15, 0.2) is 0 Å². The standard InChI is InChI=1S/C10H22O2.C7H16/c1-8(2)6-9(11)7-12-10(3,4)5;1-6(2)5-7(3)4/h8-9,11H,6-7H2,1-5H3;6-7H,5H2,1-4H3. The van der Waals surface area contributed by atoms with Gasteiger partial charge in [0.05, 0.1) is 18.3 Å². The second-order valence-corrected chi connectivity index (χ2v) is 7.73. The molecule has 0 fully saturated rings. The molecule has 0 heterocycles. The average Bonchev–Trinajstić information content (AvgIpc) is 2.11. The first kappa shape index (κ1) is 21.2. The van der Waals surface area contributed by atoms with Gasteiger partial charge in [-0.05, 0) is 51.4 Å². The van der Waals surface area contributed by atoms with Crippen LogP contribution in [0.25, 0.3) is 0 Å². The Morgan fingerprint density at radius 1 is 0.789 bits per heavy atom. The van der Waals surface area contributed by atoms with E-state index in [1.165, 1.54) is 6.42 Å². The van der Waals surface area contributed by atoms with Crippen LogP contribution in [0.3, 0.4) is 0 Å². The van der Waals surface area contributed by atoms with E-state index in [0.717, 1.165) is 18.3 Å². The minimum Gasteiger partial charge on any atom is -0.391 e. The molecule has 0 aliphatic rings. The second kappa shape index (κ2) is 10.7. The SMILES string of the molecule is CC(C)CC(C)C.CC(C)CC(O)COC(C)(C)C. The Bertz CT molecular complexity index is 184. The third-order valence-corrected chi connectivity index (χ3v) is 2.40. The lowest BCUT2D eigenvalue weighted by Crippen LogP contribution is -2.26. The summed E-state index contributed by atoms with van der Waals surface area (Å²) in [6.07, 6.45) is 1.86. The van der Waals surface area contributed by atoms with Crippen molar-refractivity contribution in [3.8, 4) is 0 Å². The normalized spacial score (nSPS) is 13.7. The summed E-state index contributed by atoms with van der Waals surface area (Å²) in [5, 5.41) is 9.46. The molecular weight excluding hydrogens is 236 g/mol. The summed E-state index contributed by atoms with van der Waals surface area (Å²) in [6, 6.07) is 0. The third kappa shape index (κ3) is 23.4. The largest absolute Gasteiger partial charge is 0.391 e. The Hall–Kier alpha value is -0.0800. The van der Waals surface area contributed by atoms with Gasteiger partial charge in [-0.2, -0.15) is 0 Å². The van der Waals surface area contributed by atoms with Crippen molar-refractivity contribution < 1.29 is 9.84 Å². The van der Waals surface area contributed by atoms with Crippen molar-refractivity contribution >= 4 is 0 Å². The van der Waals surface area contributed by atoms with Crippen LogP contribution in [0.5, 0.6) is 0 Å². The van der Waals surface area contributed by atoms with E-state index in [-0.39, 0.29) is 11.7 Å². The first-order chi connectivity index (χ1) is 8.44. The topological polar surface area (TPSA) is 29.5 Å². The van der Waals surface area contributed by atoms with Gasteiger partial charge in [0, 0.05) is 0 Å². The molecule has 1 N–H and O–H groups in total. The van der Waals surface area contributed by atoms with E-state index < -0.39 is 0 Å². The van der Waals surface area contributed by atoms with Crippen LogP contribution in [0.2, 0.25) is 0 Å². The van der Waals surface area contributed by atoms with Crippen LogP contribution in [-0.2, 0) is 4.74 Å². The fourth-order valence-corrected chi connectivity index (χ4v) is 1.90. The molecule has 0 radical (unpaired) electrons. The quantitative estimate of drug-likeness (QED) is 0.746. The Morgan fingerprint density at radius 3 is 1.37 bits per heavy atom. The summed E-state index contributed by atoms with van der Waals surface area (Å²) in [4.78, 5) is 0. The van der Waals surface area contributed by atoms with E-state index in [2.05, 4.69) is 41.5 Å². The fourth-order valence-electron chi connectivity index (χ4n) is 1.90. The Labute approximate surface area is 121 Å². The Kier molecular flexibility index (Phi) is 11.9. The molecule has 0 saturated carbocycles. The van der Waals surface area contributed by atoms with Crippen LogP contribution in [0.4, 0.5) is 0 Å². The molecule has 118 valence electrons. The lowest BCUT2D eigenvalue weighted by atomic mass is 10.0. The maximum Gasteiger partial charge on any atom is 0.0776 e. The molecule has 0 bridgehead atoms. The van der Waals surface area contributed by atoms with Crippen molar-refractivity contribution in [1.82, 2.24) is 0 Å². The molecule has 0 aromatic rings. The molecule has 19 heavy (non-hydrogen) atoms. The number of rotatable bonds is 6. The van der Waals surface area contributed by atoms with E-state index in [1.54, 1.807) is 0 Å². The van der Waals surface area contributed by atoms with Crippen LogP contribution in [-0.4, -0.2) is 23.4 Å². The number of aliphatic hydroxyl groups excluding tert-OH is 1. The van der Waals surface area contributed by atoms with E-state index in [9.17, 15) is 5.11 Å². The number of aliphatic hydroxyl groups is 1. The summed E-state index contributed by atoms with van der Waals surface area (Å²) < 4.78 is 5.44. The van der Waals surface area contributed by atoms with Crippen molar-refractivity contribution in [3.05, 3.63) is 0 Å². The van der Waals surface area contributed by atoms with Crippen LogP contribution in [0.15, 0.2) is 0 Å². The number of hydrogen-bond acceptors (Lipinski definition) is 2. The summed E-state index contributed by atoms with van der Waals surface area (Å²) in [5.74, 6) is 2.28. The predicted molar refractivity (Wildman–Crippen MR) is 85.5 cm³/mol. The summed E-state index contributed by atoms with van der Waals surface area (Å²) >= 11 is 0. The highest BCUT2D eigenvalue weighted by Crippen LogP contribution is 2.10. The van der Waals surface area contributed by atoms with Crippen molar-refractivity contribution in [2.75, 3.05) is 6.61 Å². The van der Waals surface area contributed by atoms with Crippen LogP contribution in [0, 0.1) is 17.8 Å². The zero-order valence-electron chi connectivity index (χ0n) is 14.8. The molecule has 0 aromatic heterocycles. The third-order valence-electron chi connectivity index (χ3n) is 2.40. The van der Waals surface area contributed by atoms with Gasteiger partial charge in [-0.25, -0.2) is 0 Å². The lowest BCUT2D eigenvalue weighted by molar-refractivity contribution is -0.0531. The lowest BCUT2D eigenvalue weighted by Gasteiger charge is -2.22. The summed E-state index contributed by atoms with van der Waals surface area (Å²) in [5.41, 5.74) is -0.141. The van der Waals surface area contributed by atoms with Gasteiger partial charge in [-0.15, -0.1) is 0 Å². The van der Waals surface area contributed by atoms with Gasteiger partial charge in [0.1, 0.15) is 0 Å². The number of hydrogen-bond donors (Lipinski definition) is 1. The van der Waals surface area contributed by atoms with E-state index in [4.69, 9.17) is 4.74 Å². The van der Waals surface area contributed by atoms with E-state index in [1.807, 2.05) is 20.8 Å². The van der Waals surface area contributed by atoms with Crippen LogP contribution >= 0.6 is 0 Å².